The highest BCUT2D eigenvalue weighted by molar-refractivity contribution is 5.79. The molecule has 162 valence electrons. The molecule has 0 aromatic heterocycles. The number of para-hydroxylation sites is 1. The summed E-state index contributed by atoms with van der Waals surface area (Å²) < 4.78 is 10.7. The van der Waals surface area contributed by atoms with Crippen molar-refractivity contribution in [2.45, 2.75) is 25.9 Å². The molecule has 30 heavy (non-hydrogen) atoms. The first kappa shape index (κ1) is 22.0. The maximum absolute atomic E-state index is 5.42. The quantitative estimate of drug-likeness (QED) is 0.517. The van der Waals surface area contributed by atoms with Gasteiger partial charge in [-0.25, -0.2) is 0 Å². The van der Waals surface area contributed by atoms with Crippen LogP contribution in [-0.4, -0.2) is 51.8 Å². The highest BCUT2D eigenvalue weighted by Crippen LogP contribution is 2.20. The number of rotatable bonds is 8. The van der Waals surface area contributed by atoms with E-state index in [2.05, 4.69) is 38.7 Å². The van der Waals surface area contributed by atoms with Crippen LogP contribution in [0.5, 0.6) is 11.5 Å². The molecule has 0 bridgehead atoms. The summed E-state index contributed by atoms with van der Waals surface area (Å²) in [5.74, 6) is 3.31. The second-order valence-electron chi connectivity index (χ2n) is 7.69. The van der Waals surface area contributed by atoms with Gasteiger partial charge in [0.25, 0.3) is 0 Å². The Morgan fingerprint density at radius 3 is 2.40 bits per heavy atom. The summed E-state index contributed by atoms with van der Waals surface area (Å²) in [5, 5.41) is 6.88. The minimum atomic E-state index is 0.668. The first-order valence-electron chi connectivity index (χ1n) is 10.6. The number of piperidine rings is 1. The third-order valence-electron chi connectivity index (χ3n) is 5.69. The molecule has 0 aliphatic carbocycles. The number of methoxy groups -OCH3 is 2. The van der Waals surface area contributed by atoms with Crippen LogP contribution in [0.4, 0.5) is 0 Å². The van der Waals surface area contributed by atoms with Gasteiger partial charge in [-0.05, 0) is 55.6 Å². The average molecular weight is 411 g/mol. The number of nitrogens with zero attached hydrogens (tertiary/aromatic N) is 2. The molecule has 0 atom stereocenters. The van der Waals surface area contributed by atoms with E-state index < -0.39 is 0 Å². The maximum Gasteiger partial charge on any atom is 0.191 e. The lowest BCUT2D eigenvalue weighted by atomic mass is 9.96. The number of hydrogen-bond acceptors (Lipinski definition) is 4. The summed E-state index contributed by atoms with van der Waals surface area (Å²) in [4.78, 5) is 6.90. The van der Waals surface area contributed by atoms with Crippen LogP contribution >= 0.6 is 0 Å². The van der Waals surface area contributed by atoms with E-state index in [1.54, 1.807) is 14.2 Å². The Balaban J connectivity index is 1.38. The number of likely N-dealkylation sites (tertiary alicyclic amines) is 1. The lowest BCUT2D eigenvalue weighted by Crippen LogP contribution is -2.42. The fraction of sp³-hybridized carbons (Fsp3) is 0.458. The molecule has 2 N–H and O–H groups in total. The van der Waals surface area contributed by atoms with Crippen molar-refractivity contribution in [1.82, 2.24) is 15.5 Å². The van der Waals surface area contributed by atoms with Gasteiger partial charge >= 0.3 is 0 Å². The van der Waals surface area contributed by atoms with Crippen molar-refractivity contribution in [1.29, 1.82) is 0 Å². The Bertz CT molecular complexity index is 799. The van der Waals surface area contributed by atoms with E-state index in [-0.39, 0.29) is 0 Å². The van der Waals surface area contributed by atoms with Crippen LogP contribution in [0.2, 0.25) is 0 Å². The van der Waals surface area contributed by atoms with Gasteiger partial charge in [-0.3, -0.25) is 9.89 Å². The number of ether oxygens (including phenoxy) is 2. The van der Waals surface area contributed by atoms with E-state index in [4.69, 9.17) is 9.47 Å². The zero-order valence-electron chi connectivity index (χ0n) is 18.4. The minimum absolute atomic E-state index is 0.668. The van der Waals surface area contributed by atoms with Crippen molar-refractivity contribution in [2.24, 2.45) is 10.9 Å². The molecule has 6 nitrogen and oxygen atoms in total. The van der Waals surface area contributed by atoms with E-state index in [0.29, 0.717) is 12.5 Å². The number of guanidine groups is 1. The highest BCUT2D eigenvalue weighted by Gasteiger charge is 2.19. The fourth-order valence-electron chi connectivity index (χ4n) is 3.83. The molecule has 3 rings (SSSR count). The van der Waals surface area contributed by atoms with Crippen molar-refractivity contribution in [3.8, 4) is 11.5 Å². The molecule has 1 fully saturated rings. The lowest BCUT2D eigenvalue weighted by Gasteiger charge is -2.32. The molecule has 2 aromatic carbocycles. The topological polar surface area (TPSA) is 58.1 Å². The van der Waals surface area contributed by atoms with Gasteiger partial charge in [-0.1, -0.05) is 30.3 Å². The van der Waals surface area contributed by atoms with Crippen LogP contribution < -0.4 is 20.1 Å². The van der Waals surface area contributed by atoms with Crippen LogP contribution in [0.25, 0.3) is 0 Å². The van der Waals surface area contributed by atoms with E-state index in [1.807, 2.05) is 37.4 Å². The Morgan fingerprint density at radius 1 is 1.00 bits per heavy atom. The minimum Gasteiger partial charge on any atom is -0.497 e. The standard InChI is InChI=1S/C24H34N4O2/c1-25-24(27-17-21-6-4-5-7-23(21)30-3)26-16-19-12-14-28(15-13-19)18-20-8-10-22(29-2)11-9-20/h4-11,19H,12-18H2,1-3H3,(H2,25,26,27). The summed E-state index contributed by atoms with van der Waals surface area (Å²) in [7, 11) is 5.22. The highest BCUT2D eigenvalue weighted by atomic mass is 16.5. The van der Waals surface area contributed by atoms with Crippen LogP contribution in [0, 0.1) is 5.92 Å². The number of nitrogens with one attached hydrogen (secondary N) is 2. The van der Waals surface area contributed by atoms with Gasteiger partial charge in [0.15, 0.2) is 5.96 Å². The first-order chi connectivity index (χ1) is 14.7. The molecule has 0 saturated carbocycles. The second-order valence-corrected chi connectivity index (χ2v) is 7.69. The molecule has 1 aliphatic rings. The number of hydrogen-bond donors (Lipinski definition) is 2. The van der Waals surface area contributed by atoms with Crippen molar-refractivity contribution in [3.05, 3.63) is 59.7 Å². The Hall–Kier alpha value is -2.73. The first-order valence-corrected chi connectivity index (χ1v) is 10.6. The molecule has 0 unspecified atom stereocenters. The van der Waals surface area contributed by atoms with Crippen molar-refractivity contribution < 1.29 is 9.47 Å². The molecule has 0 spiro atoms. The maximum atomic E-state index is 5.42. The Morgan fingerprint density at radius 2 is 1.73 bits per heavy atom. The van der Waals surface area contributed by atoms with Gasteiger partial charge in [0.2, 0.25) is 0 Å². The van der Waals surface area contributed by atoms with Crippen molar-refractivity contribution in [3.63, 3.8) is 0 Å². The van der Waals surface area contributed by atoms with Crippen molar-refractivity contribution in [2.75, 3.05) is 40.9 Å². The molecule has 0 radical (unpaired) electrons. The van der Waals surface area contributed by atoms with Crippen LogP contribution in [-0.2, 0) is 13.1 Å². The molecule has 1 heterocycles. The number of aliphatic imine (C=N–C) groups is 1. The van der Waals surface area contributed by atoms with Crippen LogP contribution in [0.1, 0.15) is 24.0 Å². The molecular weight excluding hydrogens is 376 g/mol. The predicted molar refractivity (Wildman–Crippen MR) is 122 cm³/mol. The Labute approximate surface area is 180 Å². The van der Waals surface area contributed by atoms with Crippen LogP contribution in [0.15, 0.2) is 53.5 Å². The van der Waals surface area contributed by atoms with Gasteiger partial charge in [-0.2, -0.15) is 0 Å². The van der Waals surface area contributed by atoms with E-state index in [0.717, 1.165) is 49.2 Å². The zero-order chi connectivity index (χ0) is 21.2. The zero-order valence-corrected chi connectivity index (χ0v) is 18.4. The third kappa shape index (κ3) is 6.39. The summed E-state index contributed by atoms with van der Waals surface area (Å²) in [6.45, 7) is 4.90. The SMILES string of the molecule is CN=C(NCc1ccccc1OC)NCC1CCN(Cc2ccc(OC)cc2)CC1. The fourth-order valence-corrected chi connectivity index (χ4v) is 3.83. The van der Waals surface area contributed by atoms with E-state index in [1.165, 1.54) is 18.4 Å². The molecule has 2 aromatic rings. The normalized spacial score (nSPS) is 15.6. The van der Waals surface area contributed by atoms with Gasteiger partial charge in [0.1, 0.15) is 11.5 Å². The van der Waals surface area contributed by atoms with Gasteiger partial charge in [-0.15, -0.1) is 0 Å². The monoisotopic (exact) mass is 410 g/mol. The molecule has 1 aliphatic heterocycles. The van der Waals surface area contributed by atoms with E-state index in [9.17, 15) is 0 Å². The largest absolute Gasteiger partial charge is 0.497 e. The predicted octanol–water partition coefficient (Wildman–Crippen LogP) is 3.28. The van der Waals surface area contributed by atoms with Crippen LogP contribution in [0.3, 0.4) is 0 Å². The lowest BCUT2D eigenvalue weighted by molar-refractivity contribution is 0.178. The summed E-state index contributed by atoms with van der Waals surface area (Å²) in [6.07, 6.45) is 2.40. The Kier molecular flexibility index (Phi) is 8.39. The average Bonchev–Trinajstić information content (AvgIpc) is 2.81. The third-order valence-corrected chi connectivity index (χ3v) is 5.69. The van der Waals surface area contributed by atoms with Gasteiger partial charge in [0, 0.05) is 32.2 Å². The summed E-state index contributed by atoms with van der Waals surface area (Å²) in [5.41, 5.74) is 2.46. The summed E-state index contributed by atoms with van der Waals surface area (Å²) >= 11 is 0. The molecule has 1 saturated heterocycles. The second kappa shape index (κ2) is 11.5. The van der Waals surface area contributed by atoms with Gasteiger partial charge < -0.3 is 20.1 Å². The summed E-state index contributed by atoms with van der Waals surface area (Å²) in [6, 6.07) is 16.4. The molecule has 0 amide bonds. The smallest absolute Gasteiger partial charge is 0.191 e. The van der Waals surface area contributed by atoms with E-state index >= 15 is 0 Å². The molecule has 6 heteroatoms. The number of benzene rings is 2. The van der Waals surface area contributed by atoms with Crippen molar-refractivity contribution >= 4 is 5.96 Å². The van der Waals surface area contributed by atoms with Gasteiger partial charge in [0.05, 0.1) is 14.2 Å². The molecular formula is C24H34N4O2.